The van der Waals surface area contributed by atoms with E-state index in [1.807, 2.05) is 0 Å². The molecule has 8 heteroatoms. The summed E-state index contributed by atoms with van der Waals surface area (Å²) in [6.07, 6.45) is 0.583. The summed E-state index contributed by atoms with van der Waals surface area (Å²) in [5, 5.41) is 0. The van der Waals surface area contributed by atoms with Gasteiger partial charge in [0, 0.05) is 25.3 Å². The number of ether oxygens (including phenoxy) is 1. The smallest absolute Gasteiger partial charge is 0.264 e. The lowest BCUT2D eigenvalue weighted by atomic mass is 10.2. The highest BCUT2D eigenvalue weighted by molar-refractivity contribution is 7.89. The fourth-order valence-corrected chi connectivity index (χ4v) is 4.77. The number of carbonyl (C=O) groups excluding carboxylic acids is 1. The lowest BCUT2D eigenvalue weighted by Crippen LogP contribution is -2.33. The van der Waals surface area contributed by atoms with Crippen molar-refractivity contribution in [3.63, 3.8) is 0 Å². The third kappa shape index (κ3) is 4.02. The molecule has 0 fully saturated rings. The second-order valence-corrected chi connectivity index (χ2v) is 8.36. The minimum atomic E-state index is -3.54. The number of hydrogen-bond acceptors (Lipinski definition) is 4. The first-order valence-corrected chi connectivity index (χ1v) is 10.6. The van der Waals surface area contributed by atoms with E-state index in [9.17, 15) is 17.6 Å². The highest BCUT2D eigenvalue weighted by atomic mass is 32.2. The normalized spacial score (nSPS) is 13.6. The van der Waals surface area contributed by atoms with Gasteiger partial charge in [0.15, 0.2) is 6.61 Å². The summed E-state index contributed by atoms with van der Waals surface area (Å²) in [6.45, 7) is 4.70. The van der Waals surface area contributed by atoms with Crippen LogP contribution in [0.1, 0.15) is 19.4 Å². The lowest BCUT2D eigenvalue weighted by molar-refractivity contribution is -0.120. The van der Waals surface area contributed by atoms with Crippen molar-refractivity contribution in [1.82, 2.24) is 4.31 Å². The van der Waals surface area contributed by atoms with Crippen molar-refractivity contribution >= 4 is 21.6 Å². The molecule has 0 aromatic heterocycles. The van der Waals surface area contributed by atoms with Crippen LogP contribution in [-0.2, 0) is 21.2 Å². The van der Waals surface area contributed by atoms with E-state index < -0.39 is 10.0 Å². The molecule has 0 saturated carbocycles. The molecule has 0 saturated heterocycles. The van der Waals surface area contributed by atoms with Crippen molar-refractivity contribution < 1.29 is 22.3 Å². The van der Waals surface area contributed by atoms with E-state index in [1.165, 1.54) is 28.6 Å². The molecule has 1 aliphatic heterocycles. The Balaban J connectivity index is 1.73. The van der Waals surface area contributed by atoms with Gasteiger partial charge in [0.2, 0.25) is 10.0 Å². The number of benzene rings is 2. The van der Waals surface area contributed by atoms with Crippen LogP contribution in [0.4, 0.5) is 10.1 Å². The molecule has 1 amide bonds. The Morgan fingerprint density at radius 3 is 2.46 bits per heavy atom. The molecule has 2 aromatic carbocycles. The first kappa shape index (κ1) is 20.3. The summed E-state index contributed by atoms with van der Waals surface area (Å²) in [5.41, 5.74) is 1.52. The highest BCUT2D eigenvalue weighted by Crippen LogP contribution is 2.31. The molecule has 0 atom stereocenters. The van der Waals surface area contributed by atoms with Gasteiger partial charge in [0.25, 0.3) is 5.91 Å². The molecule has 0 bridgehead atoms. The number of fused-ring (bicyclic) bond motifs is 1. The van der Waals surface area contributed by atoms with E-state index in [0.717, 1.165) is 5.56 Å². The van der Waals surface area contributed by atoms with E-state index >= 15 is 0 Å². The number of amides is 1. The molecule has 150 valence electrons. The summed E-state index contributed by atoms with van der Waals surface area (Å²) in [7, 11) is -3.54. The number of rotatable bonds is 7. The highest BCUT2D eigenvalue weighted by Gasteiger charge is 2.28. The topological polar surface area (TPSA) is 66.9 Å². The van der Waals surface area contributed by atoms with Crippen LogP contribution in [0.3, 0.4) is 0 Å². The van der Waals surface area contributed by atoms with Crippen LogP contribution in [-0.4, -0.2) is 44.9 Å². The van der Waals surface area contributed by atoms with Gasteiger partial charge in [-0.3, -0.25) is 4.79 Å². The van der Waals surface area contributed by atoms with Crippen LogP contribution < -0.4 is 9.64 Å². The average molecular weight is 406 g/mol. The summed E-state index contributed by atoms with van der Waals surface area (Å²) in [5.74, 6) is -0.195. The van der Waals surface area contributed by atoms with Crippen molar-refractivity contribution in [1.29, 1.82) is 0 Å². The van der Waals surface area contributed by atoms with Gasteiger partial charge in [0.05, 0.1) is 4.90 Å². The van der Waals surface area contributed by atoms with Gasteiger partial charge in [0.1, 0.15) is 11.6 Å². The number of halogens is 1. The van der Waals surface area contributed by atoms with Crippen LogP contribution in [0.15, 0.2) is 47.4 Å². The van der Waals surface area contributed by atoms with Crippen molar-refractivity contribution in [3.05, 3.63) is 53.8 Å². The Kier molecular flexibility index (Phi) is 6.00. The maximum Gasteiger partial charge on any atom is 0.264 e. The predicted octanol–water partition coefficient (Wildman–Crippen LogP) is 2.82. The van der Waals surface area contributed by atoms with E-state index in [4.69, 9.17) is 4.74 Å². The molecule has 0 aliphatic carbocycles. The van der Waals surface area contributed by atoms with Crippen molar-refractivity contribution in [3.8, 4) is 5.75 Å². The average Bonchev–Trinajstić information content (AvgIpc) is 3.11. The Labute approximate surface area is 164 Å². The monoisotopic (exact) mass is 406 g/mol. The zero-order valence-corrected chi connectivity index (χ0v) is 16.7. The first-order valence-electron chi connectivity index (χ1n) is 9.18. The summed E-state index contributed by atoms with van der Waals surface area (Å²) >= 11 is 0. The van der Waals surface area contributed by atoms with Gasteiger partial charge in [-0.2, -0.15) is 4.31 Å². The van der Waals surface area contributed by atoms with Crippen molar-refractivity contribution in [2.45, 2.75) is 25.2 Å². The zero-order chi connectivity index (χ0) is 20.3. The van der Waals surface area contributed by atoms with Gasteiger partial charge in [-0.1, -0.05) is 13.8 Å². The lowest BCUT2D eigenvalue weighted by Gasteiger charge is -2.20. The largest absolute Gasteiger partial charge is 0.484 e. The van der Waals surface area contributed by atoms with Gasteiger partial charge < -0.3 is 9.64 Å². The summed E-state index contributed by atoms with van der Waals surface area (Å²) in [4.78, 5) is 14.4. The minimum Gasteiger partial charge on any atom is -0.484 e. The van der Waals surface area contributed by atoms with E-state index in [2.05, 4.69) is 0 Å². The van der Waals surface area contributed by atoms with Gasteiger partial charge in [-0.25, -0.2) is 12.8 Å². The third-order valence-corrected chi connectivity index (χ3v) is 6.81. The fraction of sp³-hybridized carbons (Fsp3) is 0.350. The number of carbonyl (C=O) groups is 1. The van der Waals surface area contributed by atoms with Gasteiger partial charge in [-0.05, 0) is 54.4 Å². The predicted molar refractivity (Wildman–Crippen MR) is 105 cm³/mol. The molecular weight excluding hydrogens is 383 g/mol. The molecule has 0 spiro atoms. The Morgan fingerprint density at radius 1 is 1.14 bits per heavy atom. The number of nitrogens with zero attached hydrogens (tertiary/aromatic N) is 2. The second-order valence-electron chi connectivity index (χ2n) is 6.42. The molecule has 1 heterocycles. The van der Waals surface area contributed by atoms with Gasteiger partial charge >= 0.3 is 0 Å². The van der Waals surface area contributed by atoms with Crippen molar-refractivity contribution in [2.24, 2.45) is 0 Å². The molecule has 3 rings (SSSR count). The molecular formula is C20H23FN2O4S. The molecule has 28 heavy (non-hydrogen) atoms. The maximum absolute atomic E-state index is 12.9. The van der Waals surface area contributed by atoms with E-state index in [-0.39, 0.29) is 23.2 Å². The molecule has 1 aliphatic rings. The van der Waals surface area contributed by atoms with Crippen LogP contribution in [0.2, 0.25) is 0 Å². The van der Waals surface area contributed by atoms with Crippen LogP contribution in [0, 0.1) is 5.82 Å². The Morgan fingerprint density at radius 2 is 1.82 bits per heavy atom. The van der Waals surface area contributed by atoms with Crippen LogP contribution in [0.5, 0.6) is 5.75 Å². The molecule has 0 unspecified atom stereocenters. The SMILES string of the molecule is CCN(CC)S(=O)(=O)c1ccc2c(c1)CCN2C(=O)COc1ccc(F)cc1. The third-order valence-electron chi connectivity index (χ3n) is 4.77. The molecule has 0 N–H and O–H groups in total. The van der Waals surface area contributed by atoms with E-state index in [0.29, 0.717) is 37.5 Å². The number of sulfonamides is 1. The standard InChI is InChI=1S/C20H23FN2O4S/c1-3-22(4-2)28(25,26)18-9-10-19-15(13-18)11-12-23(19)20(24)14-27-17-7-5-16(21)6-8-17/h5-10,13H,3-4,11-12,14H2,1-2H3. The van der Waals surface area contributed by atoms with Crippen LogP contribution in [0.25, 0.3) is 0 Å². The molecule has 2 aromatic rings. The first-order chi connectivity index (χ1) is 13.4. The number of anilines is 1. The minimum absolute atomic E-state index is 0.176. The molecule has 6 nitrogen and oxygen atoms in total. The zero-order valence-electron chi connectivity index (χ0n) is 15.9. The molecule has 0 radical (unpaired) electrons. The van der Waals surface area contributed by atoms with E-state index in [1.54, 1.807) is 36.9 Å². The Bertz CT molecular complexity index is 957. The summed E-state index contributed by atoms with van der Waals surface area (Å²) in [6, 6.07) is 10.3. The fourth-order valence-electron chi connectivity index (χ4n) is 3.26. The Hall–Kier alpha value is -2.45. The number of hydrogen-bond donors (Lipinski definition) is 0. The summed E-state index contributed by atoms with van der Waals surface area (Å²) < 4.78 is 45.1. The van der Waals surface area contributed by atoms with Gasteiger partial charge in [-0.15, -0.1) is 0 Å². The second kappa shape index (κ2) is 8.28. The van der Waals surface area contributed by atoms with Crippen molar-refractivity contribution in [2.75, 3.05) is 31.1 Å². The maximum atomic E-state index is 12.9. The van der Waals surface area contributed by atoms with Crippen LogP contribution >= 0.6 is 0 Å². The quantitative estimate of drug-likeness (QED) is 0.709.